The normalized spacial score (nSPS) is 23.7. The second-order valence-electron chi connectivity index (χ2n) is 7.70. The number of carbonyl (C=O) groups excluding carboxylic acids is 3. The Bertz CT molecular complexity index is 1260. The van der Waals surface area contributed by atoms with Crippen molar-refractivity contribution in [2.24, 2.45) is 0 Å². The number of hydrogen-bond donors (Lipinski definition) is 1. The van der Waals surface area contributed by atoms with E-state index < -0.39 is 28.1 Å². The number of sulfone groups is 1. The minimum Gasteiger partial charge on any atom is -0.442 e. The highest BCUT2D eigenvalue weighted by Gasteiger charge is 2.50. The van der Waals surface area contributed by atoms with Crippen LogP contribution in [0.5, 0.6) is 0 Å². The van der Waals surface area contributed by atoms with Gasteiger partial charge >= 0.3 is 6.09 Å². The van der Waals surface area contributed by atoms with Crippen LogP contribution in [0.1, 0.15) is 9.67 Å². The molecule has 2 aromatic rings. The summed E-state index contributed by atoms with van der Waals surface area (Å²) in [5.41, 5.74) is 0.620. The lowest BCUT2D eigenvalue weighted by molar-refractivity contribution is -0.125. The average Bonchev–Trinajstić information content (AvgIpc) is 3.35. The molecule has 13 heteroatoms. The van der Waals surface area contributed by atoms with Gasteiger partial charge in [-0.3, -0.25) is 14.5 Å². The van der Waals surface area contributed by atoms with E-state index in [9.17, 15) is 22.8 Å². The average molecular weight is 512 g/mol. The molecule has 5 rings (SSSR count). The van der Waals surface area contributed by atoms with Crippen molar-refractivity contribution in [1.82, 2.24) is 5.32 Å². The number of hydrogen-bond acceptors (Lipinski definition) is 8. The summed E-state index contributed by atoms with van der Waals surface area (Å²) in [5.74, 6) is -1.02. The molecule has 3 aliphatic heterocycles. The third-order valence-electron chi connectivity index (χ3n) is 5.70. The van der Waals surface area contributed by atoms with Crippen LogP contribution in [-0.4, -0.2) is 70.5 Å². The Hall–Kier alpha value is -2.67. The van der Waals surface area contributed by atoms with E-state index >= 15 is 0 Å². The molecule has 0 radical (unpaired) electrons. The van der Waals surface area contributed by atoms with Crippen LogP contribution in [-0.2, 0) is 24.1 Å². The fraction of sp³-hybridized carbons (Fsp3) is 0.350. The quantitative estimate of drug-likeness (QED) is 0.662. The van der Waals surface area contributed by atoms with Gasteiger partial charge in [0, 0.05) is 12.2 Å². The number of fused-ring (bicyclic) bond motifs is 3. The van der Waals surface area contributed by atoms with Crippen LogP contribution in [0.15, 0.2) is 35.2 Å². The molecule has 2 atom stereocenters. The van der Waals surface area contributed by atoms with Crippen LogP contribution < -0.4 is 15.1 Å². The van der Waals surface area contributed by atoms with E-state index in [1.807, 2.05) is 0 Å². The number of rotatable bonds is 4. The summed E-state index contributed by atoms with van der Waals surface area (Å²) < 4.78 is 37.3. The molecule has 0 aliphatic carbocycles. The standard InChI is InChI=1S/C20H18ClN3O7S2/c21-17-4-3-15(32-17)19(26)22-8-14-13-10-33(28,29)16-7-11(23-5-6-30-9-18(23)25)1-2-12(16)24(13)20(27)31-14/h1-4,7,13-14H,5-6,8-10H2,(H,22,26)/t13-,14-/m0/s1. The fourth-order valence-corrected chi connectivity index (χ4v) is 6.88. The van der Waals surface area contributed by atoms with E-state index in [2.05, 4.69) is 5.32 Å². The first-order valence-corrected chi connectivity index (χ1v) is 12.9. The highest BCUT2D eigenvalue weighted by atomic mass is 35.5. The number of anilines is 2. The molecule has 0 saturated carbocycles. The maximum atomic E-state index is 13.1. The van der Waals surface area contributed by atoms with Crippen molar-refractivity contribution >= 4 is 62.1 Å². The van der Waals surface area contributed by atoms with E-state index in [4.69, 9.17) is 21.1 Å². The zero-order chi connectivity index (χ0) is 23.3. The van der Waals surface area contributed by atoms with Crippen molar-refractivity contribution in [3.63, 3.8) is 0 Å². The minimum absolute atomic E-state index is 0.0367. The summed E-state index contributed by atoms with van der Waals surface area (Å²) in [4.78, 5) is 40.3. The first kappa shape index (κ1) is 22.1. The summed E-state index contributed by atoms with van der Waals surface area (Å²) >= 11 is 6.97. The number of morpholine rings is 1. The lowest BCUT2D eigenvalue weighted by Gasteiger charge is -2.32. The lowest BCUT2D eigenvalue weighted by Crippen LogP contribution is -2.49. The van der Waals surface area contributed by atoms with Crippen molar-refractivity contribution in [2.75, 3.05) is 41.9 Å². The Labute approximate surface area is 197 Å². The molecule has 4 heterocycles. The van der Waals surface area contributed by atoms with Crippen molar-refractivity contribution in [3.05, 3.63) is 39.5 Å². The summed E-state index contributed by atoms with van der Waals surface area (Å²) in [6.07, 6.45) is -1.54. The number of amides is 3. The maximum Gasteiger partial charge on any atom is 0.415 e. The second kappa shape index (κ2) is 8.28. The predicted molar refractivity (Wildman–Crippen MR) is 120 cm³/mol. The van der Waals surface area contributed by atoms with Gasteiger partial charge in [-0.2, -0.15) is 0 Å². The molecule has 2 saturated heterocycles. The van der Waals surface area contributed by atoms with Gasteiger partial charge in [0.15, 0.2) is 9.84 Å². The highest BCUT2D eigenvalue weighted by Crippen LogP contribution is 2.40. The molecule has 0 spiro atoms. The summed E-state index contributed by atoms with van der Waals surface area (Å²) in [7, 11) is -3.79. The van der Waals surface area contributed by atoms with Crippen molar-refractivity contribution in [2.45, 2.75) is 17.0 Å². The molecule has 3 aliphatic rings. The fourth-order valence-electron chi connectivity index (χ4n) is 4.14. The first-order chi connectivity index (χ1) is 15.7. The van der Waals surface area contributed by atoms with Gasteiger partial charge in [-0.15, -0.1) is 11.3 Å². The van der Waals surface area contributed by atoms with Gasteiger partial charge in [-0.05, 0) is 30.3 Å². The van der Waals surface area contributed by atoms with Gasteiger partial charge < -0.3 is 19.7 Å². The number of cyclic esters (lactones) is 1. The molecule has 1 N–H and O–H groups in total. The predicted octanol–water partition coefficient (Wildman–Crippen LogP) is 1.68. The number of nitrogens with one attached hydrogen (secondary N) is 1. The van der Waals surface area contributed by atoms with Gasteiger partial charge in [0.2, 0.25) is 0 Å². The van der Waals surface area contributed by atoms with Crippen molar-refractivity contribution in [3.8, 4) is 0 Å². The Morgan fingerprint density at radius 1 is 1.24 bits per heavy atom. The number of ether oxygens (including phenoxy) is 2. The van der Waals surface area contributed by atoms with Gasteiger partial charge in [0.25, 0.3) is 11.8 Å². The zero-order valence-corrected chi connectivity index (χ0v) is 19.4. The SMILES string of the molecule is O=C(NC[C@@H]1OC(=O)N2c3ccc(N4CCOCC4=O)cc3S(=O)(=O)C[C@@H]12)c1ccc(Cl)s1. The van der Waals surface area contributed by atoms with E-state index in [-0.39, 0.29) is 41.3 Å². The monoisotopic (exact) mass is 511 g/mol. The first-order valence-electron chi connectivity index (χ1n) is 10.0. The smallest absolute Gasteiger partial charge is 0.415 e. The Morgan fingerprint density at radius 2 is 2.06 bits per heavy atom. The van der Waals surface area contributed by atoms with Crippen molar-refractivity contribution in [1.29, 1.82) is 0 Å². The van der Waals surface area contributed by atoms with Gasteiger partial charge in [0.05, 0.1) is 44.7 Å². The number of thiophene rings is 1. The molecule has 0 unspecified atom stereocenters. The third-order valence-corrected chi connectivity index (χ3v) is 8.70. The molecule has 10 nitrogen and oxygen atoms in total. The highest BCUT2D eigenvalue weighted by molar-refractivity contribution is 7.91. The number of carbonyl (C=O) groups is 3. The van der Waals surface area contributed by atoms with Gasteiger partial charge in [0.1, 0.15) is 12.7 Å². The Morgan fingerprint density at radius 3 is 2.79 bits per heavy atom. The molecular formula is C20H18ClN3O7S2. The van der Waals surface area contributed by atoms with Gasteiger partial charge in [-0.1, -0.05) is 11.6 Å². The number of nitrogens with zero attached hydrogens (tertiary/aromatic N) is 2. The largest absolute Gasteiger partial charge is 0.442 e. The number of benzene rings is 1. The zero-order valence-electron chi connectivity index (χ0n) is 17.0. The van der Waals surface area contributed by atoms with Crippen LogP contribution in [0.25, 0.3) is 0 Å². The van der Waals surface area contributed by atoms with Crippen LogP contribution in [0.2, 0.25) is 4.34 Å². The van der Waals surface area contributed by atoms with Gasteiger partial charge in [-0.25, -0.2) is 13.2 Å². The second-order valence-corrected chi connectivity index (χ2v) is 11.4. The topological polar surface area (TPSA) is 122 Å². The van der Waals surface area contributed by atoms with E-state index in [0.717, 1.165) is 11.3 Å². The van der Waals surface area contributed by atoms with Crippen molar-refractivity contribution < 1.29 is 32.3 Å². The van der Waals surface area contributed by atoms with E-state index in [0.29, 0.717) is 28.1 Å². The molecular weight excluding hydrogens is 494 g/mol. The molecule has 174 valence electrons. The Balaban J connectivity index is 1.39. The molecule has 1 aromatic heterocycles. The number of halogens is 1. The molecule has 1 aromatic carbocycles. The van der Waals surface area contributed by atoms with E-state index in [1.165, 1.54) is 21.9 Å². The van der Waals surface area contributed by atoms with Crippen LogP contribution in [0.4, 0.5) is 16.2 Å². The molecule has 2 fully saturated rings. The summed E-state index contributed by atoms with van der Waals surface area (Å²) in [6.45, 7) is 0.534. The Kier molecular flexibility index (Phi) is 5.55. The summed E-state index contributed by atoms with van der Waals surface area (Å²) in [5, 5.41) is 2.67. The van der Waals surface area contributed by atoms with E-state index in [1.54, 1.807) is 18.2 Å². The summed E-state index contributed by atoms with van der Waals surface area (Å²) in [6, 6.07) is 6.90. The molecule has 3 amide bonds. The minimum atomic E-state index is -3.79. The molecule has 33 heavy (non-hydrogen) atoms. The lowest BCUT2D eigenvalue weighted by atomic mass is 10.1. The van der Waals surface area contributed by atoms with Crippen LogP contribution in [0, 0.1) is 0 Å². The maximum absolute atomic E-state index is 13.1. The molecule has 0 bridgehead atoms. The van der Waals surface area contributed by atoms with Crippen LogP contribution >= 0.6 is 22.9 Å². The van der Waals surface area contributed by atoms with Crippen LogP contribution in [0.3, 0.4) is 0 Å². The third kappa shape index (κ3) is 3.97.